The minimum atomic E-state index is 0.213. The highest BCUT2D eigenvalue weighted by atomic mass is 15.1. The van der Waals surface area contributed by atoms with Crippen LogP contribution in [0, 0.1) is 11.3 Å². The van der Waals surface area contributed by atoms with Gasteiger partial charge in [-0.15, -0.1) is 0 Å². The van der Waals surface area contributed by atoms with Crippen LogP contribution in [0.1, 0.15) is 41.5 Å². The Kier molecular flexibility index (Phi) is 5.68. The van der Waals surface area contributed by atoms with Crippen LogP contribution < -0.4 is 5.73 Å². The van der Waals surface area contributed by atoms with Crippen molar-refractivity contribution >= 4 is 0 Å². The van der Waals surface area contributed by atoms with Gasteiger partial charge in [-0.2, -0.15) is 0 Å². The summed E-state index contributed by atoms with van der Waals surface area (Å²) in [6, 6.07) is 0.253. The summed E-state index contributed by atoms with van der Waals surface area (Å²) in [4.78, 5) is 2.49. The standard InChI is InChI=1S/C12H28N2/c1-7-14(8-10(2)3)9-12(5,6)11(4)13/h10-11H,7-9,13H2,1-6H3. The number of hydrogen-bond donors (Lipinski definition) is 1. The van der Waals surface area contributed by atoms with Gasteiger partial charge in [0.1, 0.15) is 0 Å². The van der Waals surface area contributed by atoms with Crippen molar-refractivity contribution in [2.75, 3.05) is 19.6 Å². The zero-order chi connectivity index (χ0) is 11.4. The van der Waals surface area contributed by atoms with Gasteiger partial charge in [0.2, 0.25) is 0 Å². The van der Waals surface area contributed by atoms with Crippen LogP contribution in [-0.4, -0.2) is 30.6 Å². The summed E-state index contributed by atoms with van der Waals surface area (Å²) in [6.07, 6.45) is 0. The maximum atomic E-state index is 5.98. The van der Waals surface area contributed by atoms with E-state index in [0.29, 0.717) is 0 Å². The van der Waals surface area contributed by atoms with Crippen LogP contribution >= 0.6 is 0 Å². The number of rotatable bonds is 6. The van der Waals surface area contributed by atoms with E-state index >= 15 is 0 Å². The molecule has 0 aromatic rings. The average molecular weight is 200 g/mol. The molecule has 0 aromatic carbocycles. The third-order valence-corrected chi connectivity index (χ3v) is 2.93. The number of nitrogens with zero attached hydrogens (tertiary/aromatic N) is 1. The highest BCUT2D eigenvalue weighted by molar-refractivity contribution is 4.81. The van der Waals surface area contributed by atoms with Gasteiger partial charge in [-0.3, -0.25) is 0 Å². The molecule has 0 aliphatic carbocycles. The molecule has 0 radical (unpaired) electrons. The van der Waals surface area contributed by atoms with Crippen LogP contribution in [0.4, 0.5) is 0 Å². The van der Waals surface area contributed by atoms with Crippen molar-refractivity contribution in [3.63, 3.8) is 0 Å². The fraction of sp³-hybridized carbons (Fsp3) is 1.00. The second kappa shape index (κ2) is 5.72. The van der Waals surface area contributed by atoms with E-state index in [9.17, 15) is 0 Å². The maximum Gasteiger partial charge on any atom is 0.00739 e. The Labute approximate surface area is 89.9 Å². The van der Waals surface area contributed by atoms with Crippen LogP contribution in [0.5, 0.6) is 0 Å². The van der Waals surface area contributed by atoms with Crippen molar-refractivity contribution in [3.8, 4) is 0 Å². The molecule has 2 N–H and O–H groups in total. The summed E-state index contributed by atoms with van der Waals surface area (Å²) < 4.78 is 0. The Bertz CT molecular complexity index is 150. The minimum absolute atomic E-state index is 0.213. The quantitative estimate of drug-likeness (QED) is 0.713. The van der Waals surface area contributed by atoms with E-state index in [1.54, 1.807) is 0 Å². The SMILES string of the molecule is CCN(CC(C)C)CC(C)(C)C(C)N. The topological polar surface area (TPSA) is 29.3 Å². The number of hydrogen-bond acceptors (Lipinski definition) is 2. The van der Waals surface area contributed by atoms with Crippen molar-refractivity contribution in [2.45, 2.75) is 47.6 Å². The molecule has 14 heavy (non-hydrogen) atoms. The first-order valence-corrected chi connectivity index (χ1v) is 5.77. The van der Waals surface area contributed by atoms with Crippen LogP contribution in [0.2, 0.25) is 0 Å². The van der Waals surface area contributed by atoms with Crippen LogP contribution in [-0.2, 0) is 0 Å². The summed E-state index contributed by atoms with van der Waals surface area (Å²) in [5.74, 6) is 0.735. The molecule has 0 aromatic heterocycles. The molecular formula is C12H28N2. The molecule has 0 aliphatic rings. The van der Waals surface area contributed by atoms with Crippen molar-refractivity contribution in [1.29, 1.82) is 0 Å². The molecular weight excluding hydrogens is 172 g/mol. The first kappa shape index (κ1) is 13.9. The average Bonchev–Trinajstić information content (AvgIpc) is 2.01. The molecule has 0 heterocycles. The number of nitrogens with two attached hydrogens (primary N) is 1. The van der Waals surface area contributed by atoms with Crippen LogP contribution in [0.3, 0.4) is 0 Å². The lowest BCUT2D eigenvalue weighted by atomic mass is 9.85. The van der Waals surface area contributed by atoms with Gasteiger partial charge in [0.25, 0.3) is 0 Å². The normalized spacial score (nSPS) is 15.2. The molecule has 0 amide bonds. The second-order valence-electron chi connectivity index (χ2n) is 5.50. The maximum absolute atomic E-state index is 5.98. The summed E-state index contributed by atoms with van der Waals surface area (Å²) in [5, 5.41) is 0. The van der Waals surface area contributed by atoms with E-state index in [2.05, 4.69) is 46.4 Å². The molecule has 2 nitrogen and oxygen atoms in total. The van der Waals surface area contributed by atoms with Gasteiger partial charge in [0, 0.05) is 19.1 Å². The third kappa shape index (κ3) is 4.97. The van der Waals surface area contributed by atoms with E-state index in [1.165, 1.54) is 6.54 Å². The largest absolute Gasteiger partial charge is 0.327 e. The van der Waals surface area contributed by atoms with Crippen molar-refractivity contribution in [2.24, 2.45) is 17.1 Å². The van der Waals surface area contributed by atoms with Crippen LogP contribution in [0.15, 0.2) is 0 Å². The Morgan fingerprint density at radius 1 is 1.21 bits per heavy atom. The van der Waals surface area contributed by atoms with Crippen molar-refractivity contribution < 1.29 is 0 Å². The Morgan fingerprint density at radius 3 is 2.00 bits per heavy atom. The zero-order valence-corrected chi connectivity index (χ0v) is 10.8. The van der Waals surface area contributed by atoms with Crippen molar-refractivity contribution in [3.05, 3.63) is 0 Å². The summed E-state index contributed by atoms with van der Waals surface area (Å²) in [6.45, 7) is 16.7. The van der Waals surface area contributed by atoms with Gasteiger partial charge in [-0.1, -0.05) is 34.6 Å². The van der Waals surface area contributed by atoms with Gasteiger partial charge in [0.05, 0.1) is 0 Å². The van der Waals surface area contributed by atoms with Crippen molar-refractivity contribution in [1.82, 2.24) is 4.90 Å². The first-order valence-electron chi connectivity index (χ1n) is 5.77. The molecule has 0 saturated carbocycles. The molecule has 0 spiro atoms. The molecule has 1 unspecified atom stereocenters. The molecule has 0 aliphatic heterocycles. The van der Waals surface area contributed by atoms with Gasteiger partial charge < -0.3 is 10.6 Å². The molecule has 0 rings (SSSR count). The minimum Gasteiger partial charge on any atom is -0.327 e. The fourth-order valence-corrected chi connectivity index (χ4v) is 1.54. The first-order chi connectivity index (χ1) is 6.29. The predicted octanol–water partition coefficient (Wildman–Crippen LogP) is 2.34. The van der Waals surface area contributed by atoms with Gasteiger partial charge >= 0.3 is 0 Å². The smallest absolute Gasteiger partial charge is 0.00739 e. The molecule has 0 bridgehead atoms. The van der Waals surface area contributed by atoms with Gasteiger partial charge in [-0.05, 0) is 24.8 Å². The van der Waals surface area contributed by atoms with E-state index in [4.69, 9.17) is 5.73 Å². The molecule has 1 atom stereocenters. The van der Waals surface area contributed by atoms with E-state index in [-0.39, 0.29) is 11.5 Å². The fourth-order valence-electron chi connectivity index (χ4n) is 1.54. The summed E-state index contributed by atoms with van der Waals surface area (Å²) in [5.41, 5.74) is 6.19. The lowest BCUT2D eigenvalue weighted by molar-refractivity contribution is 0.150. The summed E-state index contributed by atoms with van der Waals surface area (Å²) in [7, 11) is 0. The Balaban J connectivity index is 4.16. The van der Waals surface area contributed by atoms with Gasteiger partial charge in [-0.25, -0.2) is 0 Å². The molecule has 0 fully saturated rings. The third-order valence-electron chi connectivity index (χ3n) is 2.93. The highest BCUT2D eigenvalue weighted by Gasteiger charge is 2.25. The lowest BCUT2D eigenvalue weighted by Gasteiger charge is -2.35. The van der Waals surface area contributed by atoms with Gasteiger partial charge in [0.15, 0.2) is 0 Å². The van der Waals surface area contributed by atoms with E-state index in [0.717, 1.165) is 19.0 Å². The monoisotopic (exact) mass is 200 g/mol. The Morgan fingerprint density at radius 2 is 1.71 bits per heavy atom. The van der Waals surface area contributed by atoms with Crippen LogP contribution in [0.25, 0.3) is 0 Å². The second-order valence-corrected chi connectivity index (χ2v) is 5.50. The molecule has 2 heteroatoms. The predicted molar refractivity (Wildman–Crippen MR) is 64.4 cm³/mol. The lowest BCUT2D eigenvalue weighted by Crippen LogP contribution is -2.45. The Hall–Kier alpha value is -0.0800. The zero-order valence-electron chi connectivity index (χ0n) is 10.8. The van der Waals surface area contributed by atoms with E-state index < -0.39 is 0 Å². The highest BCUT2D eigenvalue weighted by Crippen LogP contribution is 2.20. The molecule has 86 valence electrons. The van der Waals surface area contributed by atoms with E-state index in [1.807, 2.05) is 0 Å². The summed E-state index contributed by atoms with van der Waals surface area (Å²) >= 11 is 0. The molecule has 0 saturated heterocycles.